The summed E-state index contributed by atoms with van der Waals surface area (Å²) in [6, 6.07) is -0.503. The number of ether oxygens (including phenoxy) is 1. The lowest BCUT2D eigenvalue weighted by Gasteiger charge is -2.35. The highest BCUT2D eigenvalue weighted by atomic mass is 32.2. The van der Waals surface area contributed by atoms with Crippen LogP contribution < -0.4 is 5.73 Å². The molecular formula is C16H31N3O4S. The Hall–Kier alpha value is -0.700. The molecule has 24 heavy (non-hydrogen) atoms. The van der Waals surface area contributed by atoms with Gasteiger partial charge < -0.3 is 15.4 Å². The van der Waals surface area contributed by atoms with E-state index in [1.54, 1.807) is 0 Å². The topological polar surface area (TPSA) is 92.9 Å². The van der Waals surface area contributed by atoms with Gasteiger partial charge in [0, 0.05) is 26.2 Å². The van der Waals surface area contributed by atoms with Gasteiger partial charge in [-0.05, 0) is 45.1 Å². The molecule has 0 spiro atoms. The predicted octanol–water partition coefficient (Wildman–Crippen LogP) is 0.547. The van der Waals surface area contributed by atoms with E-state index in [1.165, 1.54) is 4.31 Å². The summed E-state index contributed by atoms with van der Waals surface area (Å²) in [5.74, 6) is 0.0842. The van der Waals surface area contributed by atoms with E-state index in [0.717, 1.165) is 25.7 Å². The molecular weight excluding hydrogens is 330 g/mol. The number of carbonyl (C=O) groups is 1. The fourth-order valence-corrected chi connectivity index (χ4v) is 5.22. The molecule has 0 aromatic carbocycles. The molecule has 8 heteroatoms. The normalized spacial score (nSPS) is 23.8. The average Bonchev–Trinajstić information content (AvgIpc) is 3.06. The number of rotatable bonds is 8. The Kier molecular flexibility index (Phi) is 7.46. The summed E-state index contributed by atoms with van der Waals surface area (Å²) in [5.41, 5.74) is 5.46. The summed E-state index contributed by atoms with van der Waals surface area (Å²) in [4.78, 5) is 14.6. The van der Waals surface area contributed by atoms with Crippen LogP contribution in [0.4, 0.5) is 0 Å². The quantitative estimate of drug-likeness (QED) is 0.637. The second-order valence-electron chi connectivity index (χ2n) is 6.62. The van der Waals surface area contributed by atoms with Crippen molar-refractivity contribution >= 4 is 15.9 Å². The van der Waals surface area contributed by atoms with Crippen molar-refractivity contribution in [3.05, 3.63) is 0 Å². The number of amides is 1. The number of likely N-dealkylation sites (tertiary alicyclic amines) is 1. The molecule has 2 fully saturated rings. The molecule has 7 nitrogen and oxygen atoms in total. The zero-order chi connectivity index (χ0) is 17.6. The van der Waals surface area contributed by atoms with Crippen molar-refractivity contribution in [3.8, 4) is 0 Å². The van der Waals surface area contributed by atoms with Crippen molar-refractivity contribution < 1.29 is 17.9 Å². The van der Waals surface area contributed by atoms with Crippen LogP contribution in [0, 0.1) is 0 Å². The van der Waals surface area contributed by atoms with Crippen molar-refractivity contribution in [2.75, 3.05) is 38.5 Å². The van der Waals surface area contributed by atoms with Crippen molar-refractivity contribution in [3.63, 3.8) is 0 Å². The summed E-state index contributed by atoms with van der Waals surface area (Å²) in [7, 11) is -3.32. The molecule has 1 unspecified atom stereocenters. The fraction of sp³-hybridized carbons (Fsp3) is 0.938. The number of nitrogens with zero attached hydrogens (tertiary/aromatic N) is 2. The van der Waals surface area contributed by atoms with Crippen LogP contribution in [-0.2, 0) is 19.6 Å². The van der Waals surface area contributed by atoms with Gasteiger partial charge in [0.2, 0.25) is 15.9 Å². The highest BCUT2D eigenvalue weighted by molar-refractivity contribution is 7.89. The third kappa shape index (κ3) is 4.91. The van der Waals surface area contributed by atoms with E-state index in [4.69, 9.17) is 10.5 Å². The third-order valence-electron chi connectivity index (χ3n) is 4.76. The largest absolute Gasteiger partial charge is 0.378 e. The Balaban J connectivity index is 1.88. The Morgan fingerprint density at radius 2 is 1.92 bits per heavy atom. The van der Waals surface area contributed by atoms with Crippen LogP contribution in [-0.4, -0.2) is 74.2 Å². The van der Waals surface area contributed by atoms with Crippen LogP contribution in [0.25, 0.3) is 0 Å². The minimum atomic E-state index is -3.32. The molecule has 2 saturated heterocycles. The second-order valence-corrected chi connectivity index (χ2v) is 8.66. The summed E-state index contributed by atoms with van der Waals surface area (Å²) in [6.07, 6.45) is 4.63. The van der Waals surface area contributed by atoms with Gasteiger partial charge in [0.05, 0.1) is 11.9 Å². The molecule has 2 aliphatic heterocycles. The maximum Gasteiger partial charge on any atom is 0.241 e. The van der Waals surface area contributed by atoms with Gasteiger partial charge in [-0.2, -0.15) is 4.31 Å². The summed E-state index contributed by atoms with van der Waals surface area (Å²) in [6.45, 7) is 4.90. The molecule has 2 N–H and O–H groups in total. The first-order valence-corrected chi connectivity index (χ1v) is 10.7. The monoisotopic (exact) mass is 361 g/mol. The molecule has 2 aliphatic rings. The lowest BCUT2D eigenvalue weighted by Crippen LogP contribution is -2.51. The molecule has 0 bridgehead atoms. The molecule has 2 rings (SSSR count). The van der Waals surface area contributed by atoms with Crippen LogP contribution in [0.1, 0.15) is 45.4 Å². The molecule has 1 amide bonds. The van der Waals surface area contributed by atoms with Gasteiger partial charge in [-0.1, -0.05) is 6.92 Å². The number of sulfonamides is 1. The Morgan fingerprint density at radius 1 is 1.21 bits per heavy atom. The number of nitrogens with two attached hydrogens (primary N) is 1. The Morgan fingerprint density at radius 3 is 2.54 bits per heavy atom. The maximum atomic E-state index is 12.8. The number of hydrogen-bond acceptors (Lipinski definition) is 5. The van der Waals surface area contributed by atoms with Crippen molar-refractivity contribution in [1.82, 2.24) is 9.21 Å². The molecule has 0 saturated carbocycles. The van der Waals surface area contributed by atoms with Gasteiger partial charge in [0.1, 0.15) is 6.04 Å². The molecule has 0 radical (unpaired) electrons. The van der Waals surface area contributed by atoms with E-state index in [0.29, 0.717) is 45.6 Å². The summed E-state index contributed by atoms with van der Waals surface area (Å²) in [5, 5.41) is 0. The second kappa shape index (κ2) is 9.12. The van der Waals surface area contributed by atoms with Crippen molar-refractivity contribution in [2.45, 2.75) is 57.6 Å². The number of piperidine rings is 1. The van der Waals surface area contributed by atoms with E-state index in [2.05, 4.69) is 0 Å². The minimum Gasteiger partial charge on any atom is -0.378 e. The maximum absolute atomic E-state index is 12.8. The van der Waals surface area contributed by atoms with Crippen molar-refractivity contribution in [2.24, 2.45) is 5.73 Å². The molecule has 0 aliphatic carbocycles. The fourth-order valence-electron chi connectivity index (χ4n) is 3.48. The van der Waals surface area contributed by atoms with Gasteiger partial charge >= 0.3 is 0 Å². The van der Waals surface area contributed by atoms with Gasteiger partial charge in [-0.3, -0.25) is 4.79 Å². The molecule has 0 aromatic heterocycles. The lowest BCUT2D eigenvalue weighted by molar-refractivity contribution is -0.137. The average molecular weight is 362 g/mol. The van der Waals surface area contributed by atoms with Crippen LogP contribution in [0.2, 0.25) is 0 Å². The Labute approximate surface area is 145 Å². The zero-order valence-corrected chi connectivity index (χ0v) is 15.5. The predicted molar refractivity (Wildman–Crippen MR) is 93.0 cm³/mol. The first-order valence-electron chi connectivity index (χ1n) is 9.09. The van der Waals surface area contributed by atoms with Gasteiger partial charge in [-0.15, -0.1) is 0 Å². The molecule has 2 heterocycles. The van der Waals surface area contributed by atoms with E-state index < -0.39 is 16.1 Å². The first kappa shape index (κ1) is 19.6. The van der Waals surface area contributed by atoms with Gasteiger partial charge in [0.15, 0.2) is 0 Å². The lowest BCUT2D eigenvalue weighted by atomic mass is 10.1. The van der Waals surface area contributed by atoms with E-state index in [1.807, 2.05) is 11.8 Å². The smallest absolute Gasteiger partial charge is 0.241 e. The highest BCUT2D eigenvalue weighted by Gasteiger charge is 2.40. The van der Waals surface area contributed by atoms with Crippen LogP contribution in [0.3, 0.4) is 0 Å². The number of carbonyl (C=O) groups excluding carboxylic acids is 1. The molecule has 140 valence electrons. The SMILES string of the molecule is CCCS(=O)(=O)N1CCCC1C(=O)N1CCC(OCCCN)CC1. The molecule has 0 aromatic rings. The Bertz CT molecular complexity index is 503. The van der Waals surface area contributed by atoms with Gasteiger partial charge in [0.25, 0.3) is 0 Å². The number of hydrogen-bond donors (Lipinski definition) is 1. The van der Waals surface area contributed by atoms with E-state index in [-0.39, 0.29) is 17.8 Å². The zero-order valence-electron chi connectivity index (χ0n) is 14.7. The van der Waals surface area contributed by atoms with Crippen LogP contribution in [0.15, 0.2) is 0 Å². The summed E-state index contributed by atoms with van der Waals surface area (Å²) < 4.78 is 31.9. The highest BCUT2D eigenvalue weighted by Crippen LogP contribution is 2.25. The van der Waals surface area contributed by atoms with Crippen molar-refractivity contribution in [1.29, 1.82) is 0 Å². The third-order valence-corrected chi connectivity index (χ3v) is 6.84. The van der Waals surface area contributed by atoms with Crippen LogP contribution in [0.5, 0.6) is 0 Å². The minimum absolute atomic E-state index is 0.0346. The van der Waals surface area contributed by atoms with E-state index in [9.17, 15) is 13.2 Å². The van der Waals surface area contributed by atoms with Gasteiger partial charge in [-0.25, -0.2) is 8.42 Å². The first-order chi connectivity index (χ1) is 11.5. The molecule has 1 atom stereocenters. The standard InChI is InChI=1S/C16H31N3O4S/c1-2-13-24(21,22)19-9-3-5-15(19)16(20)18-10-6-14(7-11-18)23-12-4-8-17/h14-15H,2-13,17H2,1H3. The van der Waals surface area contributed by atoms with E-state index >= 15 is 0 Å². The summed E-state index contributed by atoms with van der Waals surface area (Å²) >= 11 is 0. The van der Waals surface area contributed by atoms with Crippen LogP contribution >= 0.6 is 0 Å².